The fourth-order valence-corrected chi connectivity index (χ4v) is 3.30. The minimum atomic E-state index is -0.155. The Balaban J connectivity index is 1.98. The molecule has 0 atom stereocenters. The maximum Gasteiger partial charge on any atom is 0.280 e. The summed E-state index contributed by atoms with van der Waals surface area (Å²) < 4.78 is 11.8. The Morgan fingerprint density at radius 2 is 1.96 bits per heavy atom. The summed E-state index contributed by atoms with van der Waals surface area (Å²) in [6.07, 6.45) is 1.82. The number of hydrogen-bond acceptors (Lipinski definition) is 4. The van der Waals surface area contributed by atoms with Crippen LogP contribution in [0.4, 0.5) is 5.69 Å². The smallest absolute Gasteiger partial charge is 0.280 e. The van der Waals surface area contributed by atoms with E-state index in [2.05, 4.69) is 21.0 Å². The van der Waals surface area contributed by atoms with Crippen LogP contribution in [0, 0.1) is 6.92 Å². The van der Waals surface area contributed by atoms with Gasteiger partial charge < -0.3 is 9.47 Å². The molecule has 1 amide bonds. The summed E-state index contributed by atoms with van der Waals surface area (Å²) in [4.78, 5) is 12.9. The Bertz CT molecular complexity index is 950. The molecule has 6 heteroatoms. The standard InChI is InChI=1S/C21H21BrN2O3/c1-5-27-20-12-18(22)15(11-19(20)26-4)10-17-14(3)23-24(21(17)25)16-8-6-7-13(2)9-16/h6-12H,5H2,1-4H3. The van der Waals surface area contributed by atoms with Crippen LogP contribution in [0.15, 0.2) is 51.5 Å². The number of methoxy groups -OCH3 is 1. The van der Waals surface area contributed by atoms with Crippen molar-refractivity contribution in [3.8, 4) is 11.5 Å². The SMILES string of the molecule is CCOc1cc(Br)c(C=C2C(=O)N(c3cccc(C)c3)N=C2C)cc1OC. The van der Waals surface area contributed by atoms with Crippen LogP contribution < -0.4 is 14.5 Å². The second kappa shape index (κ2) is 7.96. The fourth-order valence-electron chi connectivity index (χ4n) is 2.86. The number of amides is 1. The average molecular weight is 429 g/mol. The molecule has 140 valence electrons. The molecule has 0 fully saturated rings. The van der Waals surface area contributed by atoms with Gasteiger partial charge in [0.2, 0.25) is 0 Å². The van der Waals surface area contributed by atoms with Crippen molar-refractivity contribution in [1.29, 1.82) is 0 Å². The minimum absolute atomic E-state index is 0.155. The Morgan fingerprint density at radius 3 is 2.63 bits per heavy atom. The van der Waals surface area contributed by atoms with E-state index in [-0.39, 0.29) is 5.91 Å². The van der Waals surface area contributed by atoms with E-state index >= 15 is 0 Å². The largest absolute Gasteiger partial charge is 0.493 e. The van der Waals surface area contributed by atoms with E-state index in [1.807, 2.05) is 63.2 Å². The maximum absolute atomic E-state index is 12.9. The van der Waals surface area contributed by atoms with Crippen LogP contribution >= 0.6 is 15.9 Å². The molecule has 0 aliphatic carbocycles. The minimum Gasteiger partial charge on any atom is -0.493 e. The highest BCUT2D eigenvalue weighted by molar-refractivity contribution is 9.10. The summed E-state index contributed by atoms with van der Waals surface area (Å²) in [6, 6.07) is 11.4. The molecule has 0 spiro atoms. The van der Waals surface area contributed by atoms with Gasteiger partial charge >= 0.3 is 0 Å². The number of benzene rings is 2. The molecule has 0 radical (unpaired) electrons. The molecule has 0 saturated carbocycles. The number of carbonyl (C=O) groups excluding carboxylic acids is 1. The van der Waals surface area contributed by atoms with Gasteiger partial charge in [-0.2, -0.15) is 10.1 Å². The van der Waals surface area contributed by atoms with Crippen molar-refractivity contribution in [2.75, 3.05) is 18.7 Å². The van der Waals surface area contributed by atoms with Crippen LogP contribution in [-0.2, 0) is 4.79 Å². The van der Waals surface area contributed by atoms with Crippen molar-refractivity contribution < 1.29 is 14.3 Å². The van der Waals surface area contributed by atoms with Gasteiger partial charge in [0.15, 0.2) is 11.5 Å². The first-order valence-corrected chi connectivity index (χ1v) is 9.42. The molecule has 1 aliphatic heterocycles. The summed E-state index contributed by atoms with van der Waals surface area (Å²) >= 11 is 3.55. The molecule has 2 aromatic rings. The van der Waals surface area contributed by atoms with Gasteiger partial charge in [-0.25, -0.2) is 0 Å². The van der Waals surface area contributed by atoms with Crippen molar-refractivity contribution in [2.45, 2.75) is 20.8 Å². The molecule has 0 unspecified atom stereocenters. The molecule has 27 heavy (non-hydrogen) atoms. The molecule has 0 aromatic heterocycles. The topological polar surface area (TPSA) is 51.1 Å². The van der Waals surface area contributed by atoms with E-state index in [4.69, 9.17) is 9.47 Å². The molecule has 1 heterocycles. The van der Waals surface area contributed by atoms with E-state index in [1.54, 1.807) is 7.11 Å². The van der Waals surface area contributed by atoms with Gasteiger partial charge in [-0.1, -0.05) is 28.1 Å². The summed E-state index contributed by atoms with van der Waals surface area (Å²) in [5, 5.41) is 5.88. The van der Waals surface area contributed by atoms with Crippen molar-refractivity contribution in [3.05, 3.63) is 57.6 Å². The molecular formula is C21H21BrN2O3. The van der Waals surface area contributed by atoms with E-state index in [1.165, 1.54) is 5.01 Å². The lowest BCUT2D eigenvalue weighted by atomic mass is 10.1. The molecule has 5 nitrogen and oxygen atoms in total. The van der Waals surface area contributed by atoms with Gasteiger partial charge in [0, 0.05) is 4.47 Å². The Labute approximate surface area is 167 Å². The predicted molar refractivity (Wildman–Crippen MR) is 112 cm³/mol. The maximum atomic E-state index is 12.9. The molecule has 1 aliphatic rings. The zero-order valence-electron chi connectivity index (χ0n) is 15.7. The Hall–Kier alpha value is -2.60. The molecule has 0 saturated heterocycles. The number of nitrogens with zero attached hydrogens (tertiary/aromatic N) is 2. The number of ether oxygens (including phenoxy) is 2. The molecule has 0 N–H and O–H groups in total. The number of halogens is 1. The van der Waals surface area contributed by atoms with Crippen molar-refractivity contribution >= 4 is 39.3 Å². The fraction of sp³-hybridized carbons (Fsp3) is 0.238. The van der Waals surface area contributed by atoms with Crippen LogP contribution in [0.1, 0.15) is 25.0 Å². The van der Waals surface area contributed by atoms with Crippen molar-refractivity contribution in [2.24, 2.45) is 5.10 Å². The van der Waals surface area contributed by atoms with E-state index in [0.717, 1.165) is 21.3 Å². The van der Waals surface area contributed by atoms with Gasteiger partial charge in [-0.05, 0) is 62.2 Å². The highest BCUT2D eigenvalue weighted by atomic mass is 79.9. The number of anilines is 1. The van der Waals surface area contributed by atoms with Gasteiger partial charge in [-0.3, -0.25) is 4.79 Å². The monoisotopic (exact) mass is 428 g/mol. The molecule has 0 bridgehead atoms. The van der Waals surface area contributed by atoms with Gasteiger partial charge in [0.25, 0.3) is 5.91 Å². The Kier molecular flexibility index (Phi) is 5.65. The van der Waals surface area contributed by atoms with Crippen LogP contribution in [0.2, 0.25) is 0 Å². The van der Waals surface area contributed by atoms with Crippen molar-refractivity contribution in [1.82, 2.24) is 0 Å². The first kappa shape index (κ1) is 19.2. The van der Waals surface area contributed by atoms with E-state index < -0.39 is 0 Å². The molecule has 3 rings (SSSR count). The van der Waals surface area contributed by atoms with E-state index in [9.17, 15) is 4.79 Å². The van der Waals surface area contributed by atoms with Gasteiger partial charge in [0.1, 0.15) is 0 Å². The second-order valence-electron chi connectivity index (χ2n) is 6.16. The van der Waals surface area contributed by atoms with Crippen LogP contribution in [0.3, 0.4) is 0 Å². The average Bonchev–Trinajstić information content (AvgIpc) is 2.92. The summed E-state index contributed by atoms with van der Waals surface area (Å²) in [5.74, 6) is 1.11. The first-order chi connectivity index (χ1) is 12.9. The highest BCUT2D eigenvalue weighted by Crippen LogP contribution is 2.35. The van der Waals surface area contributed by atoms with Gasteiger partial charge in [0.05, 0.1) is 30.7 Å². The predicted octanol–water partition coefficient (Wildman–Crippen LogP) is 4.97. The lowest BCUT2D eigenvalue weighted by Gasteiger charge is -2.13. The third-order valence-electron chi connectivity index (χ3n) is 4.19. The van der Waals surface area contributed by atoms with Crippen LogP contribution in [-0.4, -0.2) is 25.3 Å². The summed E-state index contributed by atoms with van der Waals surface area (Å²) in [7, 11) is 1.59. The zero-order chi connectivity index (χ0) is 19.6. The lowest BCUT2D eigenvalue weighted by molar-refractivity contribution is -0.114. The van der Waals surface area contributed by atoms with Gasteiger partial charge in [-0.15, -0.1) is 0 Å². The summed E-state index contributed by atoms with van der Waals surface area (Å²) in [5.41, 5.74) is 3.86. The lowest BCUT2D eigenvalue weighted by Crippen LogP contribution is -2.21. The molecule has 2 aromatic carbocycles. The first-order valence-electron chi connectivity index (χ1n) is 8.63. The number of hydrogen-bond donors (Lipinski definition) is 0. The molecular weight excluding hydrogens is 408 g/mol. The summed E-state index contributed by atoms with van der Waals surface area (Å²) in [6.45, 7) is 6.28. The number of rotatable bonds is 5. The highest BCUT2D eigenvalue weighted by Gasteiger charge is 2.29. The second-order valence-corrected chi connectivity index (χ2v) is 7.01. The van der Waals surface area contributed by atoms with Crippen molar-refractivity contribution in [3.63, 3.8) is 0 Å². The quantitative estimate of drug-likeness (QED) is 0.631. The third-order valence-corrected chi connectivity index (χ3v) is 4.88. The van der Waals surface area contributed by atoms with E-state index in [0.29, 0.717) is 29.4 Å². The zero-order valence-corrected chi connectivity index (χ0v) is 17.3. The van der Waals surface area contributed by atoms with Crippen LogP contribution in [0.5, 0.6) is 11.5 Å². The Morgan fingerprint density at radius 1 is 1.19 bits per heavy atom. The third kappa shape index (κ3) is 3.90. The van der Waals surface area contributed by atoms with Crippen LogP contribution in [0.25, 0.3) is 6.08 Å². The number of aryl methyl sites for hydroxylation is 1. The number of hydrazone groups is 1. The number of carbonyl (C=O) groups is 1. The normalized spacial score (nSPS) is 15.3.